The lowest BCUT2D eigenvalue weighted by Crippen LogP contribution is -2.49. The minimum absolute atomic E-state index is 0.0469. The van der Waals surface area contributed by atoms with Crippen LogP contribution < -0.4 is 10.6 Å². The molecule has 2 aromatic rings. The number of benzene rings is 2. The maximum atomic E-state index is 12.7. The molecule has 2 unspecified atom stereocenters. The highest BCUT2D eigenvalue weighted by Crippen LogP contribution is 2.44. The number of amides is 2. The molecule has 1 aliphatic carbocycles. The van der Waals surface area contributed by atoms with E-state index in [9.17, 15) is 14.4 Å². The third kappa shape index (κ3) is 6.57. The molecule has 2 atom stereocenters. The summed E-state index contributed by atoms with van der Waals surface area (Å²) in [5.41, 5.74) is 4.50. The van der Waals surface area contributed by atoms with Crippen LogP contribution >= 0.6 is 0 Å². The van der Waals surface area contributed by atoms with Crippen LogP contribution in [0.25, 0.3) is 11.1 Å². The topological polar surface area (TPSA) is 114 Å². The summed E-state index contributed by atoms with van der Waals surface area (Å²) in [6, 6.07) is 15.1. The van der Waals surface area contributed by atoms with E-state index in [4.69, 9.17) is 14.6 Å². The number of rotatable bonds is 12. The van der Waals surface area contributed by atoms with Crippen LogP contribution in [0.5, 0.6) is 0 Å². The van der Waals surface area contributed by atoms with Crippen molar-refractivity contribution in [2.24, 2.45) is 0 Å². The van der Waals surface area contributed by atoms with Gasteiger partial charge in [0, 0.05) is 38.5 Å². The molecule has 3 rings (SSSR count). The van der Waals surface area contributed by atoms with Gasteiger partial charge in [-0.2, -0.15) is 0 Å². The number of hydrogen-bond donors (Lipinski definition) is 3. The normalized spacial score (nSPS) is 13.9. The standard InChI is InChI=1S/C26H32N2O6/c1-17(8-7-13-24(29)30)27-25(31)23(14-15-33-2)28-26(32)34-16-22-20-11-5-3-9-18(20)19-10-4-6-12-21(19)22/h3-6,9-12,17,22-23H,7-8,13-16H2,1-2H3,(H,27,31)(H,28,32)(H,29,30). The quantitative estimate of drug-likeness (QED) is 0.438. The van der Waals surface area contributed by atoms with Gasteiger partial charge in [-0.1, -0.05) is 48.5 Å². The van der Waals surface area contributed by atoms with Crippen LogP contribution in [-0.4, -0.2) is 55.5 Å². The van der Waals surface area contributed by atoms with Gasteiger partial charge in [-0.15, -0.1) is 0 Å². The Labute approximate surface area is 199 Å². The number of aliphatic carboxylic acids is 1. The molecule has 0 aliphatic heterocycles. The molecule has 0 spiro atoms. The molecule has 1 aliphatic rings. The average Bonchev–Trinajstić information content (AvgIpc) is 3.13. The number of methoxy groups -OCH3 is 1. The Morgan fingerprint density at radius 1 is 0.971 bits per heavy atom. The van der Waals surface area contributed by atoms with Crippen molar-refractivity contribution < 1.29 is 29.0 Å². The summed E-state index contributed by atoms with van der Waals surface area (Å²) < 4.78 is 10.6. The number of alkyl carbamates (subject to hydrolysis) is 1. The second-order valence-corrected chi connectivity index (χ2v) is 8.50. The lowest BCUT2D eigenvalue weighted by atomic mass is 9.98. The summed E-state index contributed by atoms with van der Waals surface area (Å²) in [4.78, 5) is 36.0. The van der Waals surface area contributed by atoms with Gasteiger partial charge in [0.05, 0.1) is 0 Å². The van der Waals surface area contributed by atoms with Crippen LogP contribution in [0.2, 0.25) is 0 Å². The van der Waals surface area contributed by atoms with E-state index in [1.54, 1.807) is 6.92 Å². The third-order valence-corrected chi connectivity index (χ3v) is 5.98. The Morgan fingerprint density at radius 3 is 2.18 bits per heavy atom. The van der Waals surface area contributed by atoms with Crippen molar-refractivity contribution >= 4 is 18.0 Å². The fourth-order valence-electron chi connectivity index (χ4n) is 4.26. The zero-order valence-electron chi connectivity index (χ0n) is 19.6. The van der Waals surface area contributed by atoms with Crippen LogP contribution in [0.1, 0.15) is 49.7 Å². The molecule has 0 saturated heterocycles. The number of carbonyl (C=O) groups excluding carboxylic acids is 2. The van der Waals surface area contributed by atoms with Crippen molar-refractivity contribution in [3.8, 4) is 11.1 Å². The highest BCUT2D eigenvalue weighted by molar-refractivity contribution is 5.86. The predicted octanol–water partition coefficient (Wildman–Crippen LogP) is 3.69. The second-order valence-electron chi connectivity index (χ2n) is 8.50. The molecule has 0 heterocycles. The molecular weight excluding hydrogens is 436 g/mol. The smallest absolute Gasteiger partial charge is 0.407 e. The van der Waals surface area contributed by atoms with Gasteiger partial charge in [0.25, 0.3) is 0 Å². The Kier molecular flexibility index (Phi) is 9.04. The number of hydrogen-bond acceptors (Lipinski definition) is 5. The van der Waals surface area contributed by atoms with Crippen LogP contribution in [-0.2, 0) is 19.1 Å². The Morgan fingerprint density at radius 2 is 1.59 bits per heavy atom. The van der Waals surface area contributed by atoms with E-state index < -0.39 is 18.1 Å². The fourth-order valence-corrected chi connectivity index (χ4v) is 4.26. The molecule has 0 aromatic heterocycles. The molecular formula is C26H32N2O6. The van der Waals surface area contributed by atoms with Crippen LogP contribution in [0.4, 0.5) is 4.79 Å². The molecule has 34 heavy (non-hydrogen) atoms. The molecule has 182 valence electrons. The highest BCUT2D eigenvalue weighted by Gasteiger charge is 2.30. The Hall–Kier alpha value is -3.39. The van der Waals surface area contributed by atoms with Gasteiger partial charge in [-0.25, -0.2) is 4.79 Å². The summed E-state index contributed by atoms with van der Waals surface area (Å²) in [7, 11) is 1.52. The van der Waals surface area contributed by atoms with Crippen molar-refractivity contribution in [1.82, 2.24) is 10.6 Å². The van der Waals surface area contributed by atoms with Gasteiger partial charge < -0.3 is 25.2 Å². The van der Waals surface area contributed by atoms with Gasteiger partial charge in [-0.3, -0.25) is 9.59 Å². The molecule has 8 nitrogen and oxygen atoms in total. The van der Waals surface area contributed by atoms with E-state index in [2.05, 4.69) is 22.8 Å². The van der Waals surface area contributed by atoms with Crippen LogP contribution in [0.3, 0.4) is 0 Å². The number of ether oxygens (including phenoxy) is 2. The van der Waals surface area contributed by atoms with Crippen molar-refractivity contribution in [3.05, 3.63) is 59.7 Å². The van der Waals surface area contributed by atoms with Crippen molar-refractivity contribution in [3.63, 3.8) is 0 Å². The first-order valence-corrected chi connectivity index (χ1v) is 11.5. The van der Waals surface area contributed by atoms with Gasteiger partial charge in [0.15, 0.2) is 0 Å². The van der Waals surface area contributed by atoms with Crippen LogP contribution in [0, 0.1) is 0 Å². The Balaban J connectivity index is 1.57. The van der Waals surface area contributed by atoms with Crippen molar-refractivity contribution in [2.45, 2.75) is 50.6 Å². The molecule has 0 saturated carbocycles. The van der Waals surface area contributed by atoms with Crippen LogP contribution in [0.15, 0.2) is 48.5 Å². The monoisotopic (exact) mass is 468 g/mol. The van der Waals surface area contributed by atoms with E-state index in [1.165, 1.54) is 7.11 Å². The van der Waals surface area contributed by atoms with Gasteiger partial charge in [-0.05, 0) is 42.0 Å². The maximum Gasteiger partial charge on any atom is 0.407 e. The molecule has 2 amide bonds. The van der Waals surface area contributed by atoms with Crippen molar-refractivity contribution in [1.29, 1.82) is 0 Å². The first-order chi connectivity index (χ1) is 16.4. The minimum Gasteiger partial charge on any atom is -0.481 e. The van der Waals surface area contributed by atoms with E-state index in [0.717, 1.165) is 22.3 Å². The highest BCUT2D eigenvalue weighted by atomic mass is 16.5. The third-order valence-electron chi connectivity index (χ3n) is 5.98. The summed E-state index contributed by atoms with van der Waals surface area (Å²) in [6.07, 6.45) is 0.649. The number of fused-ring (bicyclic) bond motifs is 3. The fraction of sp³-hybridized carbons (Fsp3) is 0.423. The van der Waals surface area contributed by atoms with E-state index >= 15 is 0 Å². The van der Waals surface area contributed by atoms with E-state index in [-0.39, 0.29) is 43.9 Å². The number of nitrogens with one attached hydrogen (secondary N) is 2. The summed E-state index contributed by atoms with van der Waals surface area (Å²) in [6.45, 7) is 2.25. The van der Waals surface area contributed by atoms with Gasteiger partial charge >= 0.3 is 12.1 Å². The lowest BCUT2D eigenvalue weighted by molar-refractivity contribution is -0.137. The van der Waals surface area contributed by atoms with Gasteiger partial charge in [0.2, 0.25) is 5.91 Å². The zero-order valence-corrected chi connectivity index (χ0v) is 19.6. The number of carboxylic acids is 1. The van der Waals surface area contributed by atoms with Crippen molar-refractivity contribution in [2.75, 3.05) is 20.3 Å². The molecule has 8 heteroatoms. The molecule has 0 fully saturated rings. The SMILES string of the molecule is COCCC(NC(=O)OCC1c2ccccc2-c2ccccc21)C(=O)NC(C)CCCC(=O)O. The Bertz CT molecular complexity index is 963. The van der Waals surface area contributed by atoms with Gasteiger partial charge in [0.1, 0.15) is 12.6 Å². The predicted molar refractivity (Wildman–Crippen MR) is 128 cm³/mol. The first-order valence-electron chi connectivity index (χ1n) is 11.5. The zero-order chi connectivity index (χ0) is 24.5. The lowest BCUT2D eigenvalue weighted by Gasteiger charge is -2.22. The second kappa shape index (κ2) is 12.2. The summed E-state index contributed by atoms with van der Waals surface area (Å²) in [5.74, 6) is -1.29. The molecule has 0 radical (unpaired) electrons. The molecule has 2 aromatic carbocycles. The first kappa shape index (κ1) is 25.2. The van der Waals surface area contributed by atoms with E-state index in [1.807, 2.05) is 36.4 Å². The maximum absolute atomic E-state index is 12.7. The number of carboxylic acid groups (broad SMARTS) is 1. The number of carbonyl (C=O) groups is 3. The minimum atomic E-state index is -0.867. The molecule has 0 bridgehead atoms. The van der Waals surface area contributed by atoms with E-state index in [0.29, 0.717) is 12.8 Å². The molecule has 3 N–H and O–H groups in total. The summed E-state index contributed by atoms with van der Waals surface area (Å²) in [5, 5.41) is 14.3. The summed E-state index contributed by atoms with van der Waals surface area (Å²) >= 11 is 0. The largest absolute Gasteiger partial charge is 0.481 e. The average molecular weight is 469 g/mol.